The van der Waals surface area contributed by atoms with Gasteiger partial charge in [0.2, 0.25) is 5.91 Å². The van der Waals surface area contributed by atoms with Gasteiger partial charge in [0.1, 0.15) is 0 Å². The highest BCUT2D eigenvalue weighted by Crippen LogP contribution is 2.32. The zero-order valence-corrected chi connectivity index (χ0v) is 19.9. The van der Waals surface area contributed by atoms with Crippen LogP contribution < -0.4 is 10.2 Å². The van der Waals surface area contributed by atoms with Crippen molar-refractivity contribution in [3.8, 4) is 0 Å². The van der Waals surface area contributed by atoms with Gasteiger partial charge >= 0.3 is 6.18 Å². The smallest absolute Gasteiger partial charge is 0.372 e. The van der Waals surface area contributed by atoms with Crippen LogP contribution in [0.15, 0.2) is 48.5 Å². The highest BCUT2D eigenvalue weighted by atomic mass is 19.4. The molecule has 2 aliphatic rings. The Labute approximate surface area is 207 Å². The number of nitrogens with one attached hydrogen (secondary N) is 1. The van der Waals surface area contributed by atoms with Gasteiger partial charge in [-0.2, -0.15) is 13.2 Å². The topological polar surface area (TPSA) is 73.0 Å². The summed E-state index contributed by atoms with van der Waals surface area (Å²) >= 11 is 0. The lowest BCUT2D eigenvalue weighted by Crippen LogP contribution is -2.52. The lowest BCUT2D eigenvalue weighted by atomic mass is 10.1. The fourth-order valence-corrected chi connectivity index (χ4v) is 4.59. The molecular weight excluding hydrogens is 473 g/mol. The van der Waals surface area contributed by atoms with Gasteiger partial charge in [-0.3, -0.25) is 14.4 Å². The summed E-state index contributed by atoms with van der Waals surface area (Å²) in [4.78, 5) is 42.9. The summed E-state index contributed by atoms with van der Waals surface area (Å²) in [7, 11) is 0. The number of piperazine rings is 1. The molecule has 7 nitrogen and oxygen atoms in total. The third-order valence-corrected chi connectivity index (χ3v) is 6.63. The zero-order valence-electron chi connectivity index (χ0n) is 19.9. The van der Waals surface area contributed by atoms with E-state index in [1.807, 2.05) is 12.1 Å². The molecule has 0 spiro atoms. The Hall–Kier alpha value is -3.56. The number of rotatable bonds is 5. The molecule has 2 aliphatic heterocycles. The highest BCUT2D eigenvalue weighted by molar-refractivity contribution is 5.97. The molecule has 2 saturated heterocycles. The number of benzene rings is 2. The van der Waals surface area contributed by atoms with Crippen LogP contribution in [0.1, 0.15) is 45.5 Å². The van der Waals surface area contributed by atoms with Crippen LogP contribution in [0.2, 0.25) is 0 Å². The molecule has 10 heteroatoms. The Bertz CT molecular complexity index is 1090. The van der Waals surface area contributed by atoms with Gasteiger partial charge in [-0.05, 0) is 55.7 Å². The maximum atomic E-state index is 13.3. The molecule has 36 heavy (non-hydrogen) atoms. The van der Waals surface area contributed by atoms with Gasteiger partial charge in [0.25, 0.3) is 11.8 Å². The monoisotopic (exact) mass is 502 g/mol. The van der Waals surface area contributed by atoms with Crippen LogP contribution in [-0.2, 0) is 11.0 Å². The van der Waals surface area contributed by atoms with E-state index < -0.39 is 23.2 Å². The average molecular weight is 503 g/mol. The predicted molar refractivity (Wildman–Crippen MR) is 129 cm³/mol. The second kappa shape index (κ2) is 11.0. The van der Waals surface area contributed by atoms with Crippen molar-refractivity contribution in [3.05, 3.63) is 65.2 Å². The number of piperidine rings is 1. The van der Waals surface area contributed by atoms with Crippen molar-refractivity contribution in [2.75, 3.05) is 50.7 Å². The van der Waals surface area contributed by atoms with E-state index in [2.05, 4.69) is 10.2 Å². The van der Waals surface area contributed by atoms with Gasteiger partial charge in [0.05, 0.1) is 17.7 Å². The van der Waals surface area contributed by atoms with Crippen molar-refractivity contribution in [1.29, 1.82) is 0 Å². The number of alkyl halides is 3. The number of carbonyl (C=O) groups is 3. The Morgan fingerprint density at radius 2 is 1.39 bits per heavy atom. The third kappa shape index (κ3) is 5.98. The summed E-state index contributed by atoms with van der Waals surface area (Å²) < 4.78 is 39.8. The number of amides is 3. The van der Waals surface area contributed by atoms with Crippen LogP contribution in [-0.4, -0.2) is 73.3 Å². The fraction of sp³-hybridized carbons (Fsp3) is 0.423. The van der Waals surface area contributed by atoms with Crippen LogP contribution >= 0.6 is 0 Å². The lowest BCUT2D eigenvalue weighted by molar-refractivity contribution is -0.138. The molecule has 0 unspecified atom stereocenters. The average Bonchev–Trinajstić information content (AvgIpc) is 2.91. The van der Waals surface area contributed by atoms with Crippen molar-refractivity contribution in [1.82, 2.24) is 15.1 Å². The lowest BCUT2D eigenvalue weighted by Gasteiger charge is -2.35. The van der Waals surface area contributed by atoms with Crippen LogP contribution in [0, 0.1) is 0 Å². The van der Waals surface area contributed by atoms with E-state index in [9.17, 15) is 27.6 Å². The molecule has 0 saturated carbocycles. The van der Waals surface area contributed by atoms with E-state index in [0.29, 0.717) is 5.56 Å². The standard InChI is InChI=1S/C26H29F3N4O3/c27-26(28,29)22-7-3-2-6-21(22)25(36)33-16-14-32(15-17-33)23(34)18-30-24(35)19-8-10-20(11-9-19)31-12-4-1-5-13-31/h2-3,6-11H,1,4-5,12-18H2,(H,30,35). The molecule has 0 aliphatic carbocycles. The fourth-order valence-electron chi connectivity index (χ4n) is 4.59. The maximum Gasteiger partial charge on any atom is 0.417 e. The first-order chi connectivity index (χ1) is 17.2. The van der Waals surface area contributed by atoms with E-state index in [1.54, 1.807) is 12.1 Å². The second-order valence-corrected chi connectivity index (χ2v) is 8.99. The third-order valence-electron chi connectivity index (χ3n) is 6.63. The Morgan fingerprint density at radius 3 is 2.03 bits per heavy atom. The number of hydrogen-bond donors (Lipinski definition) is 1. The molecule has 0 atom stereocenters. The molecule has 0 bridgehead atoms. The molecule has 2 fully saturated rings. The van der Waals surface area contributed by atoms with Crippen LogP contribution in [0.4, 0.5) is 18.9 Å². The quantitative estimate of drug-likeness (QED) is 0.680. The first-order valence-electron chi connectivity index (χ1n) is 12.1. The van der Waals surface area contributed by atoms with Gasteiger partial charge in [0, 0.05) is 50.5 Å². The van der Waals surface area contributed by atoms with Gasteiger partial charge in [-0.15, -0.1) is 0 Å². The van der Waals surface area contributed by atoms with Crippen molar-refractivity contribution in [2.24, 2.45) is 0 Å². The number of anilines is 1. The summed E-state index contributed by atoms with van der Waals surface area (Å²) in [5.74, 6) is -1.38. The zero-order chi connectivity index (χ0) is 25.7. The molecule has 0 radical (unpaired) electrons. The van der Waals surface area contributed by atoms with Gasteiger partial charge in [0.15, 0.2) is 0 Å². The summed E-state index contributed by atoms with van der Waals surface area (Å²) in [6.45, 7) is 2.41. The summed E-state index contributed by atoms with van der Waals surface area (Å²) in [6, 6.07) is 12.0. The SMILES string of the molecule is O=C(NCC(=O)N1CCN(C(=O)c2ccccc2C(F)(F)F)CC1)c1ccc(N2CCCCC2)cc1. The van der Waals surface area contributed by atoms with Crippen molar-refractivity contribution in [3.63, 3.8) is 0 Å². The van der Waals surface area contributed by atoms with E-state index >= 15 is 0 Å². The van der Waals surface area contributed by atoms with Crippen LogP contribution in [0.5, 0.6) is 0 Å². The Kier molecular flexibility index (Phi) is 7.81. The van der Waals surface area contributed by atoms with E-state index in [1.165, 1.54) is 28.4 Å². The summed E-state index contributed by atoms with van der Waals surface area (Å²) in [6.07, 6.45) is -1.07. The molecule has 0 aromatic heterocycles. The molecule has 2 aromatic rings. The molecule has 2 aromatic carbocycles. The summed E-state index contributed by atoms with van der Waals surface area (Å²) in [5, 5.41) is 2.63. The number of carbonyl (C=O) groups excluding carboxylic acids is 3. The normalized spacial score (nSPS) is 16.6. The van der Waals surface area contributed by atoms with E-state index in [4.69, 9.17) is 0 Å². The molecular formula is C26H29F3N4O3. The molecule has 1 N–H and O–H groups in total. The predicted octanol–water partition coefficient (Wildman–Crippen LogP) is 3.41. The minimum absolute atomic E-state index is 0.114. The maximum absolute atomic E-state index is 13.3. The minimum Gasteiger partial charge on any atom is -0.372 e. The van der Waals surface area contributed by atoms with Gasteiger partial charge < -0.3 is 20.0 Å². The summed E-state index contributed by atoms with van der Waals surface area (Å²) in [5.41, 5.74) is 0.165. The van der Waals surface area contributed by atoms with Crippen LogP contribution in [0.25, 0.3) is 0 Å². The first-order valence-corrected chi connectivity index (χ1v) is 12.1. The van der Waals surface area contributed by atoms with E-state index in [-0.39, 0.29) is 44.5 Å². The van der Waals surface area contributed by atoms with Gasteiger partial charge in [-0.25, -0.2) is 0 Å². The Morgan fingerprint density at radius 1 is 0.778 bits per heavy atom. The van der Waals surface area contributed by atoms with Crippen molar-refractivity contribution < 1.29 is 27.6 Å². The molecule has 2 heterocycles. The Balaban J connectivity index is 1.26. The largest absolute Gasteiger partial charge is 0.417 e. The molecule has 192 valence electrons. The second-order valence-electron chi connectivity index (χ2n) is 8.99. The first kappa shape index (κ1) is 25.5. The minimum atomic E-state index is -4.63. The number of halogens is 3. The van der Waals surface area contributed by atoms with Crippen molar-refractivity contribution in [2.45, 2.75) is 25.4 Å². The van der Waals surface area contributed by atoms with Crippen molar-refractivity contribution >= 4 is 23.4 Å². The number of nitrogens with zero attached hydrogens (tertiary/aromatic N) is 3. The van der Waals surface area contributed by atoms with Gasteiger partial charge in [-0.1, -0.05) is 12.1 Å². The highest BCUT2D eigenvalue weighted by Gasteiger charge is 2.36. The van der Waals surface area contributed by atoms with Crippen LogP contribution in [0.3, 0.4) is 0 Å². The molecule has 4 rings (SSSR count). The van der Waals surface area contributed by atoms with E-state index in [0.717, 1.165) is 43.8 Å². The number of hydrogen-bond acceptors (Lipinski definition) is 4. The molecule has 3 amide bonds.